The first-order valence-electron chi connectivity index (χ1n) is 5.80. The third-order valence-electron chi connectivity index (χ3n) is 3.09. The van der Waals surface area contributed by atoms with Crippen molar-refractivity contribution in [3.05, 3.63) is 0 Å². The van der Waals surface area contributed by atoms with Crippen LogP contribution >= 0.6 is 0 Å². The predicted molar refractivity (Wildman–Crippen MR) is 53.4 cm³/mol. The molecular weight excluding hydrogens is 199 g/mol. The van der Waals surface area contributed by atoms with Crippen molar-refractivity contribution in [2.75, 3.05) is 19.8 Å². The Bertz CT molecular complexity index is 212. The van der Waals surface area contributed by atoms with E-state index in [-0.39, 0.29) is 12.2 Å². The number of hydrogen-bond donors (Lipinski definition) is 0. The largest absolute Gasteiger partial charge is 0.379 e. The van der Waals surface area contributed by atoms with Crippen molar-refractivity contribution in [2.45, 2.75) is 50.7 Å². The molecule has 0 bridgehead atoms. The highest BCUT2D eigenvalue weighted by atomic mass is 19.2. The molecule has 15 heavy (non-hydrogen) atoms. The fraction of sp³-hybridized carbons (Fsp3) is 1.00. The summed E-state index contributed by atoms with van der Waals surface area (Å²) in [5.41, 5.74) is 0. The van der Waals surface area contributed by atoms with E-state index in [1.54, 1.807) is 0 Å². The van der Waals surface area contributed by atoms with Crippen LogP contribution in [0, 0.1) is 0 Å². The van der Waals surface area contributed by atoms with Gasteiger partial charge in [0, 0.05) is 13.0 Å². The smallest absolute Gasteiger partial charge is 0.235 e. The Hall–Kier alpha value is -0.190. The normalized spacial score (nSPS) is 41.2. The average molecular weight is 218 g/mol. The second-order valence-corrected chi connectivity index (χ2v) is 4.25. The lowest BCUT2D eigenvalue weighted by molar-refractivity contribution is -0.306. The van der Waals surface area contributed by atoms with E-state index in [4.69, 9.17) is 14.2 Å². The molecule has 0 spiro atoms. The van der Waals surface area contributed by atoms with E-state index in [1.807, 2.05) is 6.92 Å². The Morgan fingerprint density at radius 3 is 3.13 bits per heavy atom. The minimum atomic E-state index is -1.53. The van der Waals surface area contributed by atoms with Gasteiger partial charge in [0.1, 0.15) is 12.2 Å². The second-order valence-electron chi connectivity index (χ2n) is 4.25. The maximum absolute atomic E-state index is 14.1. The standard InChI is InChI=1S/C11H19FO3/c1-2-13-7-9-8-14-11(12)6-4-3-5-10(11)15-9/h9-10H,2-8H2,1H3. The summed E-state index contributed by atoms with van der Waals surface area (Å²) in [6.45, 7) is 3.41. The minimum absolute atomic E-state index is 0.100. The van der Waals surface area contributed by atoms with E-state index in [9.17, 15) is 4.39 Å². The molecule has 3 atom stereocenters. The summed E-state index contributed by atoms with van der Waals surface area (Å²) in [4.78, 5) is 0. The van der Waals surface area contributed by atoms with Crippen LogP contribution in [0.2, 0.25) is 0 Å². The van der Waals surface area contributed by atoms with E-state index < -0.39 is 5.85 Å². The fourth-order valence-electron chi connectivity index (χ4n) is 2.25. The Balaban J connectivity index is 1.87. The van der Waals surface area contributed by atoms with Gasteiger partial charge in [-0.2, -0.15) is 0 Å². The molecule has 1 aliphatic carbocycles. The highest BCUT2D eigenvalue weighted by Crippen LogP contribution is 2.38. The van der Waals surface area contributed by atoms with Crippen LogP contribution in [-0.4, -0.2) is 37.9 Å². The van der Waals surface area contributed by atoms with Crippen LogP contribution < -0.4 is 0 Å². The summed E-state index contributed by atoms with van der Waals surface area (Å²) in [5.74, 6) is -1.53. The Labute approximate surface area is 89.9 Å². The summed E-state index contributed by atoms with van der Waals surface area (Å²) < 4.78 is 30.4. The van der Waals surface area contributed by atoms with Gasteiger partial charge in [0.15, 0.2) is 0 Å². The van der Waals surface area contributed by atoms with Gasteiger partial charge in [-0.15, -0.1) is 0 Å². The molecule has 2 aliphatic rings. The zero-order chi connectivity index (χ0) is 10.7. The molecule has 1 saturated heterocycles. The van der Waals surface area contributed by atoms with Crippen LogP contribution in [0.15, 0.2) is 0 Å². The molecule has 3 unspecified atom stereocenters. The van der Waals surface area contributed by atoms with Crippen LogP contribution in [0.1, 0.15) is 32.6 Å². The summed E-state index contributed by atoms with van der Waals surface area (Å²) in [7, 11) is 0. The van der Waals surface area contributed by atoms with Crippen LogP contribution in [0.3, 0.4) is 0 Å². The van der Waals surface area contributed by atoms with E-state index in [0.717, 1.165) is 19.3 Å². The maximum atomic E-state index is 14.1. The van der Waals surface area contributed by atoms with E-state index in [1.165, 1.54) is 0 Å². The quantitative estimate of drug-likeness (QED) is 0.725. The second kappa shape index (κ2) is 4.76. The Morgan fingerprint density at radius 2 is 2.33 bits per heavy atom. The van der Waals surface area contributed by atoms with E-state index in [2.05, 4.69) is 0 Å². The molecule has 0 N–H and O–H groups in total. The molecule has 1 aliphatic heterocycles. The first-order valence-corrected chi connectivity index (χ1v) is 5.80. The van der Waals surface area contributed by atoms with E-state index in [0.29, 0.717) is 26.2 Å². The molecule has 1 heterocycles. The monoisotopic (exact) mass is 218 g/mol. The number of alkyl halides is 1. The third-order valence-corrected chi connectivity index (χ3v) is 3.09. The van der Waals surface area contributed by atoms with Crippen molar-refractivity contribution >= 4 is 0 Å². The number of rotatable bonds is 3. The number of halogens is 1. The van der Waals surface area contributed by atoms with Gasteiger partial charge in [0.05, 0.1) is 13.2 Å². The van der Waals surface area contributed by atoms with Crippen LogP contribution in [0.5, 0.6) is 0 Å². The lowest BCUT2D eigenvalue weighted by Crippen LogP contribution is -2.53. The van der Waals surface area contributed by atoms with Crippen molar-refractivity contribution in [1.29, 1.82) is 0 Å². The Kier molecular flexibility index (Phi) is 3.59. The summed E-state index contributed by atoms with van der Waals surface area (Å²) >= 11 is 0. The first-order chi connectivity index (χ1) is 7.24. The van der Waals surface area contributed by atoms with Crippen molar-refractivity contribution in [3.8, 4) is 0 Å². The summed E-state index contributed by atoms with van der Waals surface area (Å²) in [6, 6.07) is 0. The van der Waals surface area contributed by atoms with E-state index >= 15 is 0 Å². The van der Waals surface area contributed by atoms with Crippen LogP contribution in [-0.2, 0) is 14.2 Å². The van der Waals surface area contributed by atoms with Gasteiger partial charge in [0.25, 0.3) is 0 Å². The fourth-order valence-corrected chi connectivity index (χ4v) is 2.25. The molecule has 4 heteroatoms. The lowest BCUT2D eigenvalue weighted by Gasteiger charge is -2.43. The molecule has 1 saturated carbocycles. The molecule has 0 radical (unpaired) electrons. The van der Waals surface area contributed by atoms with Gasteiger partial charge >= 0.3 is 0 Å². The van der Waals surface area contributed by atoms with Gasteiger partial charge in [-0.05, 0) is 19.8 Å². The molecule has 88 valence electrons. The molecular formula is C11H19FO3. The number of ether oxygens (including phenoxy) is 3. The van der Waals surface area contributed by atoms with Crippen molar-refractivity contribution < 1.29 is 18.6 Å². The zero-order valence-corrected chi connectivity index (χ0v) is 9.21. The van der Waals surface area contributed by atoms with Crippen LogP contribution in [0.4, 0.5) is 4.39 Å². The molecule has 0 aromatic carbocycles. The van der Waals surface area contributed by atoms with Crippen LogP contribution in [0.25, 0.3) is 0 Å². The number of fused-ring (bicyclic) bond motifs is 1. The topological polar surface area (TPSA) is 27.7 Å². The SMILES string of the molecule is CCOCC1COC2(F)CCCCC2O1. The highest BCUT2D eigenvalue weighted by Gasteiger charge is 2.47. The molecule has 0 amide bonds. The van der Waals surface area contributed by atoms with Gasteiger partial charge in [0.2, 0.25) is 5.85 Å². The summed E-state index contributed by atoms with van der Waals surface area (Å²) in [5, 5.41) is 0. The zero-order valence-electron chi connectivity index (χ0n) is 9.21. The molecule has 0 aromatic heterocycles. The third kappa shape index (κ3) is 2.49. The first kappa shape index (κ1) is 11.3. The molecule has 0 aromatic rings. The lowest BCUT2D eigenvalue weighted by atomic mass is 9.91. The number of hydrogen-bond acceptors (Lipinski definition) is 3. The average Bonchev–Trinajstić information content (AvgIpc) is 2.26. The van der Waals surface area contributed by atoms with Gasteiger partial charge in [-0.1, -0.05) is 6.42 Å². The van der Waals surface area contributed by atoms with Crippen molar-refractivity contribution in [1.82, 2.24) is 0 Å². The maximum Gasteiger partial charge on any atom is 0.235 e. The van der Waals surface area contributed by atoms with Gasteiger partial charge in [-0.3, -0.25) is 0 Å². The molecule has 3 nitrogen and oxygen atoms in total. The van der Waals surface area contributed by atoms with Gasteiger partial charge < -0.3 is 14.2 Å². The Morgan fingerprint density at radius 1 is 1.47 bits per heavy atom. The predicted octanol–water partition coefficient (Wildman–Crippen LogP) is 2.05. The minimum Gasteiger partial charge on any atom is -0.379 e. The molecule has 2 rings (SSSR count). The van der Waals surface area contributed by atoms with Crippen molar-refractivity contribution in [3.63, 3.8) is 0 Å². The molecule has 2 fully saturated rings. The van der Waals surface area contributed by atoms with Crippen molar-refractivity contribution in [2.24, 2.45) is 0 Å². The highest BCUT2D eigenvalue weighted by molar-refractivity contribution is 4.88. The summed E-state index contributed by atoms with van der Waals surface area (Å²) in [6.07, 6.45) is 2.67. The van der Waals surface area contributed by atoms with Gasteiger partial charge in [-0.25, -0.2) is 4.39 Å².